The van der Waals surface area contributed by atoms with Crippen LogP contribution in [0.3, 0.4) is 0 Å². The number of carbonyl (C=O) groups is 2. The largest absolute Gasteiger partial charge is 0.494 e. The number of unbranched alkanes of at least 4 members (excludes halogenated alkanes) is 1. The summed E-state index contributed by atoms with van der Waals surface area (Å²) in [6.07, 6.45) is 2.85. The molecule has 1 aliphatic rings. The van der Waals surface area contributed by atoms with Crippen LogP contribution in [0.2, 0.25) is 0 Å². The van der Waals surface area contributed by atoms with Crippen LogP contribution in [0.5, 0.6) is 17.4 Å². The lowest BCUT2D eigenvalue weighted by molar-refractivity contribution is 0.0373. The fraction of sp³-hybridized carbons (Fsp3) is 0.522. The highest BCUT2D eigenvalue weighted by atomic mass is 32.1. The Bertz CT molecular complexity index is 1070. The Morgan fingerprint density at radius 1 is 1.19 bits per heavy atom. The summed E-state index contributed by atoms with van der Waals surface area (Å²) in [5, 5.41) is 15.1. The Hall–Kier alpha value is -3.23. The average Bonchev–Trinajstić information content (AvgIpc) is 3.48. The maximum atomic E-state index is 14.6. The molecule has 2 heterocycles. The summed E-state index contributed by atoms with van der Waals surface area (Å²) < 4.78 is 53.3. The van der Waals surface area contributed by atoms with Crippen molar-refractivity contribution in [3.05, 3.63) is 28.8 Å². The molecular weight excluding hydrogens is 514 g/mol. The van der Waals surface area contributed by atoms with Gasteiger partial charge in [0.2, 0.25) is 5.88 Å². The summed E-state index contributed by atoms with van der Waals surface area (Å²) >= 11 is 0.749. The van der Waals surface area contributed by atoms with E-state index in [0.717, 1.165) is 57.1 Å². The highest BCUT2D eigenvalue weighted by Crippen LogP contribution is 2.35. The summed E-state index contributed by atoms with van der Waals surface area (Å²) in [5.41, 5.74) is -0.685. The molecule has 204 valence electrons. The number of nitrogens with one attached hydrogen (secondary N) is 2. The second-order valence-corrected chi connectivity index (χ2v) is 8.88. The van der Waals surface area contributed by atoms with Crippen LogP contribution < -0.4 is 24.8 Å². The Morgan fingerprint density at radius 3 is 2.49 bits per heavy atom. The van der Waals surface area contributed by atoms with Crippen molar-refractivity contribution in [2.24, 2.45) is 0 Å². The molecule has 37 heavy (non-hydrogen) atoms. The number of hydrogen-bond donors (Lipinski definition) is 3. The van der Waals surface area contributed by atoms with Crippen molar-refractivity contribution in [3.63, 3.8) is 0 Å². The summed E-state index contributed by atoms with van der Waals surface area (Å²) in [7, 11) is 3.57. The van der Waals surface area contributed by atoms with E-state index in [1.54, 1.807) is 0 Å². The maximum Gasteiger partial charge on any atom is 0.346 e. The molecule has 2 aromatic rings. The molecule has 1 aromatic heterocycles. The van der Waals surface area contributed by atoms with E-state index < -0.39 is 42.0 Å². The topological polar surface area (TPSA) is 131 Å². The smallest absolute Gasteiger partial charge is 0.346 e. The summed E-state index contributed by atoms with van der Waals surface area (Å²) in [4.78, 5) is 26.7. The molecule has 0 radical (unpaired) electrons. The second-order valence-electron chi connectivity index (χ2n) is 8.11. The number of aromatic nitrogens is 1. The van der Waals surface area contributed by atoms with Crippen molar-refractivity contribution in [2.45, 2.75) is 38.5 Å². The van der Waals surface area contributed by atoms with Gasteiger partial charge >= 0.3 is 12.0 Å². The van der Waals surface area contributed by atoms with Crippen molar-refractivity contribution in [1.82, 2.24) is 14.6 Å². The number of nitrogens with zero attached hydrogens (tertiary/aromatic N) is 2. The van der Waals surface area contributed by atoms with E-state index in [-0.39, 0.29) is 27.9 Å². The third-order valence-corrected chi connectivity index (χ3v) is 6.53. The van der Waals surface area contributed by atoms with E-state index in [4.69, 9.17) is 18.9 Å². The zero-order chi connectivity index (χ0) is 26.9. The van der Waals surface area contributed by atoms with Crippen LogP contribution in [0.25, 0.3) is 0 Å². The van der Waals surface area contributed by atoms with Crippen LogP contribution in [-0.2, 0) is 11.3 Å². The van der Waals surface area contributed by atoms with Crippen LogP contribution in [0, 0.1) is 11.6 Å². The fourth-order valence-corrected chi connectivity index (χ4v) is 4.52. The lowest BCUT2D eigenvalue weighted by atomic mass is 10.1. The normalized spacial score (nSPS) is 15.4. The van der Waals surface area contributed by atoms with E-state index in [1.807, 2.05) is 4.90 Å². The summed E-state index contributed by atoms with van der Waals surface area (Å²) in [6.45, 7) is 1.34. The monoisotopic (exact) mass is 544 g/mol. The van der Waals surface area contributed by atoms with Crippen molar-refractivity contribution >= 4 is 28.5 Å². The number of likely N-dealkylation sites (tertiary alicyclic amines) is 1. The van der Waals surface area contributed by atoms with E-state index in [2.05, 4.69) is 15.0 Å². The molecule has 1 aromatic carbocycles. The Kier molecular flexibility index (Phi) is 10.2. The number of halogens is 2. The van der Waals surface area contributed by atoms with E-state index in [1.165, 1.54) is 14.2 Å². The number of rotatable bonds is 12. The molecular formula is C23H30F2N4O7S. The van der Waals surface area contributed by atoms with Gasteiger partial charge in [-0.1, -0.05) is 0 Å². The number of anilines is 1. The average molecular weight is 545 g/mol. The molecule has 14 heteroatoms. The molecule has 0 spiro atoms. The van der Waals surface area contributed by atoms with Gasteiger partial charge in [0.25, 0.3) is 0 Å². The molecule has 1 aliphatic heterocycles. The van der Waals surface area contributed by atoms with Crippen LogP contribution in [0.1, 0.15) is 41.6 Å². The van der Waals surface area contributed by atoms with E-state index >= 15 is 0 Å². The number of hydrogen-bond acceptors (Lipinski definition) is 10. The van der Waals surface area contributed by atoms with Crippen molar-refractivity contribution in [3.8, 4) is 17.4 Å². The summed E-state index contributed by atoms with van der Waals surface area (Å²) in [6, 6.07) is 0.490. The number of ether oxygens (including phenoxy) is 4. The minimum absolute atomic E-state index is 0.0451. The molecule has 0 saturated carbocycles. The highest BCUT2D eigenvalue weighted by molar-refractivity contribution is 7.11. The molecule has 0 unspecified atom stereocenters. The van der Waals surface area contributed by atoms with Crippen LogP contribution >= 0.6 is 11.5 Å². The standard InChI is InChI=1S/C23H30F2N4O7S/c1-33-14-11-15(34-2)19(25)13(18(14)24)12-36-20-17(22(31)35-3)21(37-28-20)27-23(32)26-8-4-5-9-29-10-6-7-16(29)30/h11,16,30H,4-10,12H2,1-3H3,(H2,26,27,32)/t16-/m0/s1. The molecule has 1 saturated heterocycles. The quantitative estimate of drug-likeness (QED) is 0.272. The number of methoxy groups -OCH3 is 3. The van der Waals surface area contributed by atoms with Gasteiger partial charge in [0, 0.05) is 25.7 Å². The molecule has 1 fully saturated rings. The molecule has 0 aliphatic carbocycles. The lowest BCUT2D eigenvalue weighted by Crippen LogP contribution is -2.32. The first kappa shape index (κ1) is 28.3. The highest BCUT2D eigenvalue weighted by Gasteiger charge is 2.27. The van der Waals surface area contributed by atoms with Gasteiger partial charge in [-0.15, -0.1) is 0 Å². The molecule has 1 atom stereocenters. The number of benzene rings is 1. The number of carbonyl (C=O) groups excluding carboxylic acids is 2. The first-order chi connectivity index (χ1) is 17.8. The minimum atomic E-state index is -0.993. The van der Waals surface area contributed by atoms with Crippen molar-refractivity contribution < 1.29 is 42.4 Å². The predicted molar refractivity (Wildman–Crippen MR) is 130 cm³/mol. The van der Waals surface area contributed by atoms with Gasteiger partial charge < -0.3 is 29.4 Å². The SMILES string of the molecule is COC(=O)c1c(OCc2c(F)c(OC)cc(OC)c2F)nsc1NC(=O)NCCCCN1CCC[C@@H]1O. The van der Waals surface area contributed by atoms with Crippen LogP contribution in [0.4, 0.5) is 18.6 Å². The molecule has 2 amide bonds. The molecule has 0 bridgehead atoms. The van der Waals surface area contributed by atoms with Crippen molar-refractivity contribution in [2.75, 3.05) is 46.3 Å². The molecule has 3 N–H and O–H groups in total. The number of aliphatic hydroxyl groups is 1. The van der Waals surface area contributed by atoms with Gasteiger partial charge in [0.05, 0.1) is 26.9 Å². The summed E-state index contributed by atoms with van der Waals surface area (Å²) in [5.74, 6) is -3.61. The van der Waals surface area contributed by atoms with Gasteiger partial charge in [-0.25, -0.2) is 18.4 Å². The minimum Gasteiger partial charge on any atom is -0.494 e. The zero-order valence-electron chi connectivity index (χ0n) is 20.8. The van der Waals surface area contributed by atoms with Gasteiger partial charge in [0.1, 0.15) is 17.8 Å². The first-order valence-electron chi connectivity index (χ1n) is 11.6. The van der Waals surface area contributed by atoms with Gasteiger partial charge in [-0.3, -0.25) is 10.2 Å². The third-order valence-electron chi connectivity index (χ3n) is 5.78. The predicted octanol–water partition coefficient (Wildman–Crippen LogP) is 3.12. The van der Waals surface area contributed by atoms with Gasteiger partial charge in [-0.05, 0) is 37.2 Å². The molecule has 11 nitrogen and oxygen atoms in total. The van der Waals surface area contributed by atoms with Crippen LogP contribution in [0.15, 0.2) is 6.07 Å². The fourth-order valence-electron chi connectivity index (χ4n) is 3.80. The van der Waals surface area contributed by atoms with Crippen LogP contribution in [-0.4, -0.2) is 73.6 Å². The van der Waals surface area contributed by atoms with Gasteiger partial charge in [-0.2, -0.15) is 4.37 Å². The van der Waals surface area contributed by atoms with E-state index in [0.29, 0.717) is 13.0 Å². The number of urea groups is 1. The second kappa shape index (κ2) is 13.4. The van der Waals surface area contributed by atoms with E-state index in [9.17, 15) is 23.5 Å². The number of aliphatic hydroxyl groups excluding tert-OH is 1. The zero-order valence-corrected chi connectivity index (χ0v) is 21.6. The maximum absolute atomic E-state index is 14.6. The van der Waals surface area contributed by atoms with Crippen molar-refractivity contribution in [1.29, 1.82) is 0 Å². The lowest BCUT2D eigenvalue weighted by Gasteiger charge is -2.19. The third kappa shape index (κ3) is 6.96. The number of amides is 2. The first-order valence-corrected chi connectivity index (χ1v) is 12.3. The Labute approximate surface area is 216 Å². The number of esters is 1. The Morgan fingerprint density at radius 2 is 1.89 bits per heavy atom. The van der Waals surface area contributed by atoms with Gasteiger partial charge in [0.15, 0.2) is 28.7 Å². The Balaban J connectivity index is 1.62. The molecule has 3 rings (SSSR count).